The summed E-state index contributed by atoms with van der Waals surface area (Å²) in [4.78, 5) is 28.2. The van der Waals surface area contributed by atoms with Crippen molar-refractivity contribution in [2.24, 2.45) is 0 Å². The standard InChI is InChI=1S/C22H25NO2/c1-17-10-8-9-15-23(17)20(22(25)19-13-6-3-7-14-19)16-21(24)18-11-4-2-5-12-18/h2-7,11-14,17,20H,8-10,15-16H2,1H3/t17-,20-/m0/s1. The van der Waals surface area contributed by atoms with E-state index in [1.54, 1.807) is 0 Å². The molecular formula is C22H25NO2. The molecule has 0 N–H and O–H groups in total. The zero-order chi connectivity index (χ0) is 17.6. The molecule has 2 aromatic carbocycles. The number of hydrogen-bond acceptors (Lipinski definition) is 3. The van der Waals surface area contributed by atoms with Gasteiger partial charge in [-0.25, -0.2) is 0 Å². The topological polar surface area (TPSA) is 37.4 Å². The number of hydrogen-bond donors (Lipinski definition) is 0. The van der Waals surface area contributed by atoms with Crippen LogP contribution in [0.3, 0.4) is 0 Å². The number of benzene rings is 2. The molecule has 25 heavy (non-hydrogen) atoms. The Hall–Kier alpha value is -2.26. The fourth-order valence-electron chi connectivity index (χ4n) is 3.66. The third-order valence-corrected chi connectivity index (χ3v) is 5.09. The Morgan fingerprint density at radius 1 is 0.960 bits per heavy atom. The molecule has 1 saturated heterocycles. The van der Waals surface area contributed by atoms with E-state index in [1.165, 1.54) is 6.42 Å². The minimum atomic E-state index is -0.384. The molecule has 0 radical (unpaired) electrons. The maximum Gasteiger partial charge on any atom is 0.180 e. The van der Waals surface area contributed by atoms with Crippen molar-refractivity contribution in [2.75, 3.05) is 6.54 Å². The van der Waals surface area contributed by atoms with Crippen molar-refractivity contribution in [1.82, 2.24) is 4.90 Å². The Morgan fingerprint density at radius 3 is 2.16 bits per heavy atom. The normalized spacial score (nSPS) is 19.3. The average Bonchev–Trinajstić information content (AvgIpc) is 2.67. The Bertz CT molecular complexity index is 711. The van der Waals surface area contributed by atoms with Gasteiger partial charge in [0.05, 0.1) is 6.04 Å². The van der Waals surface area contributed by atoms with Crippen LogP contribution in [0.5, 0.6) is 0 Å². The highest BCUT2D eigenvalue weighted by molar-refractivity contribution is 6.05. The molecule has 0 aliphatic carbocycles. The summed E-state index contributed by atoms with van der Waals surface area (Å²) in [5.41, 5.74) is 1.36. The summed E-state index contributed by atoms with van der Waals surface area (Å²) in [6.07, 6.45) is 3.60. The summed E-state index contributed by atoms with van der Waals surface area (Å²) in [5, 5.41) is 0. The van der Waals surface area contributed by atoms with E-state index in [4.69, 9.17) is 0 Å². The maximum atomic E-state index is 13.2. The van der Waals surface area contributed by atoms with Crippen molar-refractivity contribution < 1.29 is 9.59 Å². The first-order valence-electron chi connectivity index (χ1n) is 9.10. The lowest BCUT2D eigenvalue weighted by Gasteiger charge is -2.38. The second-order valence-electron chi connectivity index (χ2n) is 6.82. The second kappa shape index (κ2) is 8.21. The molecule has 3 heteroatoms. The SMILES string of the molecule is C[C@H]1CCCCN1[C@@H](CC(=O)c1ccccc1)C(=O)c1ccccc1. The number of likely N-dealkylation sites (tertiary alicyclic amines) is 1. The van der Waals surface area contributed by atoms with Crippen LogP contribution >= 0.6 is 0 Å². The number of rotatable bonds is 6. The molecule has 0 unspecified atom stereocenters. The van der Waals surface area contributed by atoms with Gasteiger partial charge < -0.3 is 0 Å². The monoisotopic (exact) mass is 335 g/mol. The van der Waals surface area contributed by atoms with E-state index in [9.17, 15) is 9.59 Å². The predicted molar refractivity (Wildman–Crippen MR) is 100.0 cm³/mol. The van der Waals surface area contributed by atoms with Crippen LogP contribution in [0, 0.1) is 0 Å². The fraction of sp³-hybridized carbons (Fsp3) is 0.364. The zero-order valence-corrected chi connectivity index (χ0v) is 14.7. The van der Waals surface area contributed by atoms with Gasteiger partial charge >= 0.3 is 0 Å². The Labute approximate surface area is 149 Å². The van der Waals surface area contributed by atoms with Crippen LogP contribution in [0.1, 0.15) is 53.3 Å². The van der Waals surface area contributed by atoms with Gasteiger partial charge in [-0.3, -0.25) is 14.5 Å². The molecule has 0 saturated carbocycles. The molecular weight excluding hydrogens is 310 g/mol. The van der Waals surface area contributed by atoms with E-state index in [0.717, 1.165) is 19.4 Å². The van der Waals surface area contributed by atoms with Crippen LogP contribution in [0.15, 0.2) is 60.7 Å². The van der Waals surface area contributed by atoms with Gasteiger partial charge in [-0.2, -0.15) is 0 Å². The first-order valence-corrected chi connectivity index (χ1v) is 9.10. The number of Topliss-reactive ketones (excluding diaryl/α,β-unsaturated/α-hetero) is 2. The van der Waals surface area contributed by atoms with Crippen molar-refractivity contribution in [1.29, 1.82) is 0 Å². The zero-order valence-electron chi connectivity index (χ0n) is 14.7. The second-order valence-corrected chi connectivity index (χ2v) is 6.82. The van der Waals surface area contributed by atoms with Gasteiger partial charge in [0.1, 0.15) is 0 Å². The molecule has 1 aliphatic rings. The summed E-state index contributed by atoms with van der Waals surface area (Å²) in [7, 11) is 0. The highest BCUT2D eigenvalue weighted by atomic mass is 16.1. The van der Waals surface area contributed by atoms with Gasteiger partial charge in [-0.1, -0.05) is 67.1 Å². The molecule has 3 nitrogen and oxygen atoms in total. The highest BCUT2D eigenvalue weighted by Crippen LogP contribution is 2.24. The van der Waals surface area contributed by atoms with Crippen molar-refractivity contribution in [3.63, 3.8) is 0 Å². The highest BCUT2D eigenvalue weighted by Gasteiger charge is 2.33. The van der Waals surface area contributed by atoms with E-state index in [-0.39, 0.29) is 24.0 Å². The Kier molecular flexibility index (Phi) is 5.77. The van der Waals surface area contributed by atoms with Crippen molar-refractivity contribution in [2.45, 2.75) is 44.7 Å². The lowest BCUT2D eigenvalue weighted by Crippen LogP contribution is -2.49. The lowest BCUT2D eigenvalue weighted by molar-refractivity contribution is 0.0605. The van der Waals surface area contributed by atoms with Crippen molar-refractivity contribution in [3.8, 4) is 0 Å². The summed E-state index contributed by atoms with van der Waals surface area (Å²) < 4.78 is 0. The van der Waals surface area contributed by atoms with Crippen LogP contribution in [0.4, 0.5) is 0 Å². The Balaban J connectivity index is 1.86. The molecule has 1 heterocycles. The largest absolute Gasteiger partial charge is 0.294 e. The molecule has 130 valence electrons. The molecule has 1 aliphatic heterocycles. The van der Waals surface area contributed by atoms with E-state index < -0.39 is 0 Å². The summed E-state index contributed by atoms with van der Waals surface area (Å²) in [5.74, 6) is 0.0892. The van der Waals surface area contributed by atoms with E-state index in [0.29, 0.717) is 17.2 Å². The quantitative estimate of drug-likeness (QED) is 0.735. The molecule has 2 aromatic rings. The summed E-state index contributed by atoms with van der Waals surface area (Å²) in [6.45, 7) is 3.05. The van der Waals surface area contributed by atoms with E-state index in [2.05, 4.69) is 11.8 Å². The smallest absolute Gasteiger partial charge is 0.180 e. The van der Waals surface area contributed by atoms with E-state index in [1.807, 2.05) is 60.7 Å². The minimum absolute atomic E-state index is 0.0349. The number of piperidine rings is 1. The first-order chi connectivity index (χ1) is 12.2. The van der Waals surface area contributed by atoms with Gasteiger partial charge in [0.25, 0.3) is 0 Å². The van der Waals surface area contributed by atoms with Gasteiger partial charge in [0.2, 0.25) is 0 Å². The van der Waals surface area contributed by atoms with Crippen LogP contribution in [-0.4, -0.2) is 35.1 Å². The van der Waals surface area contributed by atoms with Crippen LogP contribution in [0.25, 0.3) is 0 Å². The molecule has 0 amide bonds. The third kappa shape index (κ3) is 4.23. The molecule has 0 spiro atoms. The van der Waals surface area contributed by atoms with Gasteiger partial charge in [-0.15, -0.1) is 0 Å². The molecule has 0 bridgehead atoms. The molecule has 2 atom stereocenters. The van der Waals surface area contributed by atoms with Crippen LogP contribution in [-0.2, 0) is 0 Å². The third-order valence-electron chi connectivity index (χ3n) is 5.09. The van der Waals surface area contributed by atoms with Gasteiger partial charge in [0.15, 0.2) is 11.6 Å². The first kappa shape index (κ1) is 17.6. The van der Waals surface area contributed by atoms with Crippen molar-refractivity contribution in [3.05, 3.63) is 71.8 Å². The minimum Gasteiger partial charge on any atom is -0.294 e. The Morgan fingerprint density at radius 2 is 1.56 bits per heavy atom. The lowest BCUT2D eigenvalue weighted by atomic mass is 9.92. The fourth-order valence-corrected chi connectivity index (χ4v) is 3.66. The average molecular weight is 335 g/mol. The van der Waals surface area contributed by atoms with Crippen molar-refractivity contribution >= 4 is 11.6 Å². The number of carbonyl (C=O) groups is 2. The molecule has 1 fully saturated rings. The molecule has 3 rings (SSSR count). The number of carbonyl (C=O) groups excluding carboxylic acids is 2. The predicted octanol–water partition coefficient (Wildman–Crippen LogP) is 4.39. The van der Waals surface area contributed by atoms with Gasteiger partial charge in [-0.05, 0) is 26.3 Å². The molecule has 0 aromatic heterocycles. The maximum absolute atomic E-state index is 13.2. The van der Waals surface area contributed by atoms with E-state index >= 15 is 0 Å². The number of ketones is 2. The van der Waals surface area contributed by atoms with Crippen LogP contribution < -0.4 is 0 Å². The van der Waals surface area contributed by atoms with Crippen LogP contribution in [0.2, 0.25) is 0 Å². The van der Waals surface area contributed by atoms with Gasteiger partial charge in [0, 0.05) is 23.6 Å². The number of nitrogens with zero attached hydrogens (tertiary/aromatic N) is 1. The summed E-state index contributed by atoms with van der Waals surface area (Å²) >= 11 is 0. The summed E-state index contributed by atoms with van der Waals surface area (Å²) in [6, 6.07) is 18.6.